The third-order valence-electron chi connectivity index (χ3n) is 9.12. The summed E-state index contributed by atoms with van der Waals surface area (Å²) in [7, 11) is 0. The molecule has 0 spiro atoms. The van der Waals surface area contributed by atoms with Crippen molar-refractivity contribution >= 4 is 40.2 Å². The maximum absolute atomic E-state index is 15.3. The molecular formula is C32H37F6N5O3. The number of aromatic amines is 1. The first-order valence-electron chi connectivity index (χ1n) is 15.3. The molecule has 0 radical (unpaired) electrons. The fraction of sp³-hybridized carbons (Fsp3) is 0.531. The first-order valence-corrected chi connectivity index (χ1v) is 15.3. The number of amides is 1. The molecule has 46 heavy (non-hydrogen) atoms. The van der Waals surface area contributed by atoms with Crippen LogP contribution in [-0.2, 0) is 11.3 Å². The number of nitrogens with one attached hydrogen (secondary N) is 3. The maximum Gasteiger partial charge on any atom is 0.391 e. The number of piperidine rings is 1. The summed E-state index contributed by atoms with van der Waals surface area (Å²) in [4.78, 5) is 33.5. The Morgan fingerprint density at radius 3 is 2.39 bits per heavy atom. The van der Waals surface area contributed by atoms with Gasteiger partial charge in [-0.3, -0.25) is 4.79 Å². The number of carbonyl (C=O) groups excluding carboxylic acids is 1. The van der Waals surface area contributed by atoms with Crippen molar-refractivity contribution < 1.29 is 41.0 Å². The quantitative estimate of drug-likeness (QED) is 0.197. The standard InChI is InChI=1S/C32H37F6N5O3/c1-31(2,3)29(46)39-14-17-6-9-22(34)27(26(17)35)42-30-40-23-12-19(28(44)45)25(13-24(23)41-30)43-11-10-21(33)20(15-43)16-4-7-18(8-5-16)32(36,37)38/h6,9,12-13,16,18,20-21H,4-5,7-8,10-11,14-15H2,1-3H3,(H,39,46)(H,44,45)(H2,40,41,42). The maximum atomic E-state index is 15.3. The van der Waals surface area contributed by atoms with Crippen LogP contribution in [0.3, 0.4) is 0 Å². The van der Waals surface area contributed by atoms with Gasteiger partial charge in [0.05, 0.1) is 28.2 Å². The summed E-state index contributed by atoms with van der Waals surface area (Å²) in [6.45, 7) is 5.26. The van der Waals surface area contributed by atoms with Gasteiger partial charge in [0.15, 0.2) is 5.82 Å². The van der Waals surface area contributed by atoms with Crippen LogP contribution in [-0.4, -0.2) is 52.4 Å². The lowest BCUT2D eigenvalue weighted by Gasteiger charge is -2.43. The van der Waals surface area contributed by atoms with Crippen LogP contribution in [0.1, 0.15) is 68.8 Å². The normalized spacial score (nSPS) is 22.6. The highest BCUT2D eigenvalue weighted by Gasteiger charge is 2.44. The Kier molecular flexibility index (Phi) is 9.20. The molecular weight excluding hydrogens is 616 g/mol. The molecule has 1 amide bonds. The number of carbonyl (C=O) groups is 2. The smallest absolute Gasteiger partial charge is 0.391 e. The first-order chi connectivity index (χ1) is 21.5. The van der Waals surface area contributed by atoms with E-state index in [1.165, 1.54) is 18.2 Å². The molecule has 2 heterocycles. The molecule has 2 unspecified atom stereocenters. The summed E-state index contributed by atoms with van der Waals surface area (Å²) in [5.41, 5.74) is -0.485. The number of aromatic carboxylic acids is 1. The SMILES string of the molecule is CC(C)(C)C(=O)NCc1ccc(F)c(Nc2nc3cc(N4CCC(F)C(C5CCC(C(F)(F)F)CC5)C4)c(C(=O)O)cc3[nH]2)c1F. The Labute approximate surface area is 261 Å². The molecule has 1 aromatic heterocycles. The lowest BCUT2D eigenvalue weighted by molar-refractivity contribution is -0.185. The Morgan fingerprint density at radius 2 is 1.76 bits per heavy atom. The first kappa shape index (κ1) is 33.4. The van der Waals surface area contributed by atoms with Crippen molar-refractivity contribution in [3.05, 3.63) is 47.0 Å². The number of carboxylic acid groups (broad SMARTS) is 1. The second-order valence-electron chi connectivity index (χ2n) is 13.3. The average molecular weight is 654 g/mol. The Balaban J connectivity index is 1.37. The van der Waals surface area contributed by atoms with Crippen molar-refractivity contribution in [1.29, 1.82) is 0 Å². The zero-order valence-electron chi connectivity index (χ0n) is 25.7. The number of anilines is 3. The van der Waals surface area contributed by atoms with Crippen LogP contribution < -0.4 is 15.5 Å². The monoisotopic (exact) mass is 653 g/mol. The van der Waals surface area contributed by atoms with Crippen LogP contribution in [0, 0.1) is 34.8 Å². The van der Waals surface area contributed by atoms with Crippen molar-refractivity contribution in [1.82, 2.24) is 15.3 Å². The molecule has 0 bridgehead atoms. The number of fused-ring (bicyclic) bond motifs is 1. The van der Waals surface area contributed by atoms with Gasteiger partial charge in [-0.15, -0.1) is 0 Å². The van der Waals surface area contributed by atoms with E-state index >= 15 is 8.78 Å². The van der Waals surface area contributed by atoms with E-state index in [0.717, 1.165) is 6.07 Å². The van der Waals surface area contributed by atoms with Gasteiger partial charge < -0.3 is 25.6 Å². The number of imidazole rings is 1. The molecule has 2 atom stereocenters. The van der Waals surface area contributed by atoms with E-state index in [1.807, 2.05) is 0 Å². The predicted molar refractivity (Wildman–Crippen MR) is 161 cm³/mol. The highest BCUT2D eigenvalue weighted by Crippen LogP contribution is 2.44. The van der Waals surface area contributed by atoms with E-state index in [1.54, 1.807) is 25.7 Å². The Morgan fingerprint density at radius 1 is 1.07 bits per heavy atom. The predicted octanol–water partition coefficient (Wildman–Crippen LogP) is 7.48. The number of benzene rings is 2. The van der Waals surface area contributed by atoms with Gasteiger partial charge >= 0.3 is 12.1 Å². The third-order valence-corrected chi connectivity index (χ3v) is 9.12. The topological polar surface area (TPSA) is 110 Å². The number of alkyl halides is 4. The fourth-order valence-corrected chi connectivity index (χ4v) is 6.44. The van der Waals surface area contributed by atoms with E-state index in [2.05, 4.69) is 20.6 Å². The molecule has 3 aromatic rings. The highest BCUT2D eigenvalue weighted by molar-refractivity contribution is 6.00. The molecule has 2 fully saturated rings. The molecule has 2 aliphatic rings. The van der Waals surface area contributed by atoms with Gasteiger partial charge in [0.1, 0.15) is 17.7 Å². The van der Waals surface area contributed by atoms with E-state index in [9.17, 15) is 32.3 Å². The van der Waals surface area contributed by atoms with Gasteiger partial charge in [0.2, 0.25) is 11.9 Å². The lowest BCUT2D eigenvalue weighted by Crippen LogP contribution is -2.46. The van der Waals surface area contributed by atoms with Crippen LogP contribution in [0.15, 0.2) is 24.3 Å². The van der Waals surface area contributed by atoms with E-state index < -0.39 is 52.9 Å². The minimum absolute atomic E-state index is 0.0331. The second kappa shape index (κ2) is 12.7. The molecule has 1 aliphatic heterocycles. The second-order valence-corrected chi connectivity index (χ2v) is 13.3. The van der Waals surface area contributed by atoms with Gasteiger partial charge in [0.25, 0.3) is 0 Å². The van der Waals surface area contributed by atoms with Crippen molar-refractivity contribution in [2.45, 2.75) is 71.8 Å². The molecule has 5 rings (SSSR count). The van der Waals surface area contributed by atoms with Gasteiger partial charge in [-0.25, -0.2) is 22.9 Å². The number of nitrogens with zero attached hydrogens (tertiary/aromatic N) is 2. The third kappa shape index (κ3) is 7.05. The van der Waals surface area contributed by atoms with E-state index in [-0.39, 0.29) is 97.4 Å². The van der Waals surface area contributed by atoms with Crippen LogP contribution in [0.2, 0.25) is 0 Å². The van der Waals surface area contributed by atoms with Gasteiger partial charge in [-0.2, -0.15) is 13.2 Å². The number of H-pyrrole nitrogens is 1. The summed E-state index contributed by atoms with van der Waals surface area (Å²) in [5.74, 6) is -5.69. The Hall–Kier alpha value is -3.97. The lowest BCUT2D eigenvalue weighted by atomic mass is 9.72. The molecule has 14 heteroatoms. The average Bonchev–Trinajstić information content (AvgIpc) is 3.39. The number of hydrogen-bond donors (Lipinski definition) is 4. The van der Waals surface area contributed by atoms with E-state index in [0.29, 0.717) is 0 Å². The molecule has 2 aromatic carbocycles. The van der Waals surface area contributed by atoms with E-state index in [4.69, 9.17) is 0 Å². The summed E-state index contributed by atoms with van der Waals surface area (Å²) in [6.07, 6.45) is -5.00. The number of hydrogen-bond acceptors (Lipinski definition) is 5. The molecule has 1 aliphatic carbocycles. The minimum atomic E-state index is -4.27. The van der Waals surface area contributed by atoms with Crippen molar-refractivity contribution in [3.8, 4) is 0 Å². The van der Waals surface area contributed by atoms with Crippen molar-refractivity contribution in [2.24, 2.45) is 23.2 Å². The van der Waals surface area contributed by atoms with Crippen LogP contribution in [0.4, 0.5) is 43.7 Å². The van der Waals surface area contributed by atoms with Crippen molar-refractivity contribution in [3.63, 3.8) is 0 Å². The van der Waals surface area contributed by atoms with Crippen molar-refractivity contribution in [2.75, 3.05) is 23.3 Å². The van der Waals surface area contributed by atoms with Crippen LogP contribution in [0.25, 0.3) is 11.0 Å². The fourth-order valence-electron chi connectivity index (χ4n) is 6.44. The molecule has 8 nitrogen and oxygen atoms in total. The molecule has 1 saturated heterocycles. The zero-order valence-corrected chi connectivity index (χ0v) is 25.7. The molecule has 1 saturated carbocycles. The number of carboxylic acids is 1. The summed E-state index contributed by atoms with van der Waals surface area (Å²) in [5, 5.41) is 15.2. The highest BCUT2D eigenvalue weighted by atomic mass is 19.4. The zero-order chi connectivity index (χ0) is 33.6. The van der Waals surface area contributed by atoms with Gasteiger partial charge in [0, 0.05) is 36.5 Å². The number of halogens is 6. The van der Waals surface area contributed by atoms with Gasteiger partial charge in [-0.1, -0.05) is 26.8 Å². The minimum Gasteiger partial charge on any atom is -0.478 e. The molecule has 250 valence electrons. The van der Waals surface area contributed by atoms with Crippen LogP contribution >= 0.6 is 0 Å². The van der Waals surface area contributed by atoms with Crippen LogP contribution in [0.5, 0.6) is 0 Å². The van der Waals surface area contributed by atoms with Gasteiger partial charge in [-0.05, 0) is 56.2 Å². The summed E-state index contributed by atoms with van der Waals surface area (Å²) < 4.78 is 84.8. The summed E-state index contributed by atoms with van der Waals surface area (Å²) >= 11 is 0. The Bertz CT molecular complexity index is 1610. The molecule has 4 N–H and O–H groups in total. The summed E-state index contributed by atoms with van der Waals surface area (Å²) in [6, 6.07) is 5.11. The number of aromatic nitrogens is 2. The largest absolute Gasteiger partial charge is 0.478 e. The number of rotatable bonds is 7.